The van der Waals surface area contributed by atoms with E-state index in [1.807, 2.05) is 48.5 Å². The van der Waals surface area contributed by atoms with Crippen LogP contribution in [0.4, 0.5) is 5.69 Å². The molecule has 1 fully saturated rings. The van der Waals surface area contributed by atoms with Gasteiger partial charge in [-0.15, -0.1) is 11.8 Å². The number of anilines is 1. The monoisotopic (exact) mass is 398 g/mol. The van der Waals surface area contributed by atoms with Gasteiger partial charge in [0, 0.05) is 36.5 Å². The zero-order valence-electron chi connectivity index (χ0n) is 15.2. The number of benzene rings is 3. The molecule has 3 aromatic carbocycles. The maximum Gasteiger partial charge on any atom is 0.243 e. The van der Waals surface area contributed by atoms with Gasteiger partial charge in [-0.25, -0.2) is 8.42 Å². The van der Waals surface area contributed by atoms with Crippen molar-refractivity contribution in [1.29, 1.82) is 0 Å². The molecule has 0 aromatic heterocycles. The van der Waals surface area contributed by atoms with E-state index in [-0.39, 0.29) is 0 Å². The Bertz CT molecular complexity index is 1050. The van der Waals surface area contributed by atoms with Gasteiger partial charge in [0.1, 0.15) is 0 Å². The predicted octanol–water partition coefficient (Wildman–Crippen LogP) is 4.07. The highest BCUT2D eigenvalue weighted by Gasteiger charge is 2.30. The van der Waals surface area contributed by atoms with E-state index < -0.39 is 10.0 Å². The zero-order valence-corrected chi connectivity index (χ0v) is 16.8. The van der Waals surface area contributed by atoms with Crippen LogP contribution >= 0.6 is 11.8 Å². The lowest BCUT2D eigenvalue weighted by Crippen LogP contribution is -2.48. The van der Waals surface area contributed by atoms with Gasteiger partial charge in [-0.05, 0) is 29.8 Å². The average Bonchev–Trinajstić information content (AvgIpc) is 2.73. The number of piperazine rings is 1. The van der Waals surface area contributed by atoms with Gasteiger partial charge in [-0.2, -0.15) is 4.31 Å². The third-order valence-electron chi connectivity index (χ3n) is 5.03. The number of para-hydroxylation sites is 1. The molecule has 140 valence electrons. The third kappa shape index (κ3) is 3.45. The number of hydrogen-bond acceptors (Lipinski definition) is 4. The van der Waals surface area contributed by atoms with Crippen LogP contribution < -0.4 is 4.90 Å². The fourth-order valence-corrected chi connectivity index (χ4v) is 5.88. The van der Waals surface area contributed by atoms with Gasteiger partial charge in [-0.1, -0.05) is 48.5 Å². The van der Waals surface area contributed by atoms with E-state index in [1.54, 1.807) is 22.1 Å². The van der Waals surface area contributed by atoms with E-state index >= 15 is 0 Å². The molecule has 4 rings (SSSR count). The Morgan fingerprint density at radius 3 is 2.26 bits per heavy atom. The van der Waals surface area contributed by atoms with Crippen LogP contribution in [-0.4, -0.2) is 45.2 Å². The Morgan fingerprint density at radius 1 is 0.815 bits per heavy atom. The summed E-state index contributed by atoms with van der Waals surface area (Å²) in [5.74, 6) is 0. The molecule has 0 N–H and O–H groups in total. The maximum atomic E-state index is 13.3. The molecule has 4 nitrogen and oxygen atoms in total. The highest BCUT2D eigenvalue weighted by molar-refractivity contribution is 7.98. The lowest BCUT2D eigenvalue weighted by atomic mass is 10.1. The zero-order chi connectivity index (χ0) is 18.9. The molecule has 1 aliphatic heterocycles. The molecule has 0 radical (unpaired) electrons. The Kier molecular flexibility index (Phi) is 5.12. The summed E-state index contributed by atoms with van der Waals surface area (Å²) in [5, 5.41) is 1.74. The largest absolute Gasteiger partial charge is 0.368 e. The molecule has 3 aromatic rings. The fourth-order valence-electron chi connectivity index (χ4n) is 3.62. The molecule has 0 spiro atoms. The summed E-state index contributed by atoms with van der Waals surface area (Å²) in [6.45, 7) is 2.38. The summed E-state index contributed by atoms with van der Waals surface area (Å²) in [7, 11) is -3.51. The Morgan fingerprint density at radius 2 is 1.48 bits per heavy atom. The van der Waals surface area contributed by atoms with Crippen LogP contribution in [0.5, 0.6) is 0 Å². The molecule has 0 saturated carbocycles. The molecule has 1 aliphatic rings. The summed E-state index contributed by atoms with van der Waals surface area (Å²) < 4.78 is 28.2. The molecular formula is C21H22N2O2S2. The molecule has 27 heavy (non-hydrogen) atoms. The number of sulfonamides is 1. The minimum Gasteiger partial charge on any atom is -0.368 e. The van der Waals surface area contributed by atoms with Crippen LogP contribution in [0.15, 0.2) is 76.5 Å². The highest BCUT2D eigenvalue weighted by Crippen LogP contribution is 2.31. The summed E-state index contributed by atoms with van der Waals surface area (Å²) in [4.78, 5) is 3.91. The number of hydrogen-bond donors (Lipinski definition) is 0. The molecule has 0 amide bonds. The lowest BCUT2D eigenvalue weighted by Gasteiger charge is -2.36. The van der Waals surface area contributed by atoms with Gasteiger partial charge in [0.25, 0.3) is 0 Å². The van der Waals surface area contributed by atoms with E-state index in [1.165, 1.54) is 10.6 Å². The second kappa shape index (κ2) is 7.54. The molecule has 0 unspecified atom stereocenters. The summed E-state index contributed by atoms with van der Waals surface area (Å²) in [5.41, 5.74) is 1.19. The van der Waals surface area contributed by atoms with Crippen LogP contribution in [0.25, 0.3) is 10.8 Å². The van der Waals surface area contributed by atoms with E-state index in [2.05, 4.69) is 23.3 Å². The molecule has 0 aliphatic carbocycles. The molecule has 6 heteroatoms. The van der Waals surface area contributed by atoms with Crippen LogP contribution in [0, 0.1) is 0 Å². The van der Waals surface area contributed by atoms with Gasteiger partial charge >= 0.3 is 0 Å². The molecule has 1 heterocycles. The van der Waals surface area contributed by atoms with Crippen LogP contribution in [0.1, 0.15) is 0 Å². The first kappa shape index (κ1) is 18.3. The van der Waals surface area contributed by atoms with Crippen molar-refractivity contribution < 1.29 is 8.42 Å². The van der Waals surface area contributed by atoms with Gasteiger partial charge in [0.15, 0.2) is 0 Å². The van der Waals surface area contributed by atoms with Gasteiger partial charge in [-0.3, -0.25) is 0 Å². The minimum absolute atomic E-state index is 0.401. The van der Waals surface area contributed by atoms with E-state index in [4.69, 9.17) is 0 Å². The standard InChI is InChI=1S/C21H22N2O2S2/c1-26-20-11-5-4-10-19(20)22-13-15-23(16-14-22)27(24,25)21-12-6-8-17-7-2-3-9-18(17)21/h2-12H,13-16H2,1H3. The fraction of sp³-hybridized carbons (Fsp3) is 0.238. The van der Waals surface area contributed by atoms with E-state index in [9.17, 15) is 8.42 Å². The van der Waals surface area contributed by atoms with Crippen molar-refractivity contribution in [1.82, 2.24) is 4.31 Å². The van der Waals surface area contributed by atoms with Crippen molar-refractivity contribution in [2.24, 2.45) is 0 Å². The average molecular weight is 399 g/mol. The smallest absolute Gasteiger partial charge is 0.243 e. The normalized spacial score (nSPS) is 16.0. The SMILES string of the molecule is CSc1ccccc1N1CCN(S(=O)(=O)c2cccc3ccccc23)CC1. The van der Waals surface area contributed by atoms with Crippen molar-refractivity contribution in [3.8, 4) is 0 Å². The number of thioether (sulfide) groups is 1. The topological polar surface area (TPSA) is 40.6 Å². The second-order valence-electron chi connectivity index (χ2n) is 6.54. The maximum absolute atomic E-state index is 13.3. The van der Waals surface area contributed by atoms with Crippen LogP contribution in [-0.2, 0) is 10.0 Å². The lowest BCUT2D eigenvalue weighted by molar-refractivity contribution is 0.384. The van der Waals surface area contributed by atoms with E-state index in [0.717, 1.165) is 10.8 Å². The summed E-state index contributed by atoms with van der Waals surface area (Å²) in [6.07, 6.45) is 2.07. The molecule has 0 atom stereocenters. The molecule has 1 saturated heterocycles. The third-order valence-corrected chi connectivity index (χ3v) is 7.77. The summed E-state index contributed by atoms with van der Waals surface area (Å²) >= 11 is 1.72. The van der Waals surface area contributed by atoms with Crippen molar-refractivity contribution in [2.45, 2.75) is 9.79 Å². The minimum atomic E-state index is -3.51. The van der Waals surface area contributed by atoms with Crippen molar-refractivity contribution >= 4 is 38.2 Å². The van der Waals surface area contributed by atoms with Crippen LogP contribution in [0.3, 0.4) is 0 Å². The second-order valence-corrected chi connectivity index (χ2v) is 9.29. The molecule has 0 bridgehead atoms. The quantitative estimate of drug-likeness (QED) is 0.621. The van der Waals surface area contributed by atoms with Crippen molar-refractivity contribution in [3.63, 3.8) is 0 Å². The van der Waals surface area contributed by atoms with Crippen molar-refractivity contribution in [3.05, 3.63) is 66.7 Å². The first-order valence-corrected chi connectivity index (χ1v) is 11.6. The number of nitrogens with zero attached hydrogens (tertiary/aromatic N) is 2. The van der Waals surface area contributed by atoms with Gasteiger partial charge < -0.3 is 4.90 Å². The first-order chi connectivity index (χ1) is 13.1. The number of rotatable bonds is 4. The van der Waals surface area contributed by atoms with E-state index in [0.29, 0.717) is 31.1 Å². The predicted molar refractivity (Wildman–Crippen MR) is 113 cm³/mol. The molecular weight excluding hydrogens is 376 g/mol. The van der Waals surface area contributed by atoms with Crippen LogP contribution in [0.2, 0.25) is 0 Å². The van der Waals surface area contributed by atoms with Gasteiger partial charge in [0.05, 0.1) is 10.6 Å². The Hall–Kier alpha value is -2.02. The number of fused-ring (bicyclic) bond motifs is 1. The highest BCUT2D eigenvalue weighted by atomic mass is 32.2. The van der Waals surface area contributed by atoms with Crippen molar-refractivity contribution in [2.75, 3.05) is 37.3 Å². The Balaban J connectivity index is 1.58. The first-order valence-electron chi connectivity index (χ1n) is 8.97. The van der Waals surface area contributed by atoms with Gasteiger partial charge in [0.2, 0.25) is 10.0 Å². The summed E-state index contributed by atoms with van der Waals surface area (Å²) in [6, 6.07) is 21.4. The Labute approximate surface area is 164 Å².